The van der Waals surface area contributed by atoms with Gasteiger partial charge in [0.2, 0.25) is 5.91 Å². The largest absolute Gasteiger partial charge is 0.481 e. The molecule has 1 N–H and O–H groups in total. The third-order valence-corrected chi connectivity index (χ3v) is 4.59. The van der Waals surface area contributed by atoms with Gasteiger partial charge in [-0.2, -0.15) is 0 Å². The Morgan fingerprint density at radius 3 is 2.47 bits per heavy atom. The molecule has 17 heavy (non-hydrogen) atoms. The van der Waals surface area contributed by atoms with Gasteiger partial charge < -0.3 is 10.0 Å². The molecule has 1 fully saturated rings. The number of hydrogen-bond donors (Lipinski definition) is 1. The average molecular weight is 263 g/mol. The molecule has 0 spiro atoms. The van der Waals surface area contributed by atoms with Crippen molar-refractivity contribution in [3.05, 3.63) is 0 Å². The molecule has 98 valence electrons. The Bertz CT molecular complexity index is 403. The summed E-state index contributed by atoms with van der Waals surface area (Å²) in [4.78, 5) is 23.6. The van der Waals surface area contributed by atoms with Gasteiger partial charge in [-0.05, 0) is 6.42 Å². The molecule has 1 atom stereocenters. The lowest BCUT2D eigenvalue weighted by atomic mass is 10.2. The zero-order valence-corrected chi connectivity index (χ0v) is 10.6. The fraction of sp³-hybridized carbons (Fsp3) is 0.800. The highest BCUT2D eigenvalue weighted by molar-refractivity contribution is 7.91. The summed E-state index contributed by atoms with van der Waals surface area (Å²) in [6.45, 7) is 1.77. The minimum atomic E-state index is -3.06. The Morgan fingerprint density at radius 1 is 1.41 bits per heavy atom. The maximum absolute atomic E-state index is 11.7. The average Bonchev–Trinajstić information content (AvgIpc) is 2.58. The van der Waals surface area contributed by atoms with Gasteiger partial charge in [-0.15, -0.1) is 0 Å². The zero-order valence-electron chi connectivity index (χ0n) is 9.76. The predicted molar refractivity (Wildman–Crippen MR) is 61.3 cm³/mol. The summed E-state index contributed by atoms with van der Waals surface area (Å²) in [6, 6.07) is -0.355. The van der Waals surface area contributed by atoms with E-state index in [4.69, 9.17) is 5.11 Å². The molecule has 1 rings (SSSR count). The minimum absolute atomic E-state index is 0.0433. The first kappa shape index (κ1) is 14.0. The van der Waals surface area contributed by atoms with Gasteiger partial charge in [-0.1, -0.05) is 6.92 Å². The Balaban J connectivity index is 2.70. The van der Waals surface area contributed by atoms with Crippen LogP contribution >= 0.6 is 0 Å². The maximum Gasteiger partial charge on any atom is 0.305 e. The van der Waals surface area contributed by atoms with E-state index in [1.54, 1.807) is 6.92 Å². The molecule has 1 unspecified atom stereocenters. The van der Waals surface area contributed by atoms with E-state index in [1.165, 1.54) is 4.90 Å². The van der Waals surface area contributed by atoms with Crippen LogP contribution in [-0.2, 0) is 19.4 Å². The lowest BCUT2D eigenvalue weighted by molar-refractivity contribution is -0.139. The highest BCUT2D eigenvalue weighted by atomic mass is 32.2. The molecule has 6 nitrogen and oxygen atoms in total. The van der Waals surface area contributed by atoms with Crippen LogP contribution in [0.15, 0.2) is 0 Å². The second-order valence-corrected chi connectivity index (χ2v) is 6.37. The topological polar surface area (TPSA) is 91.8 Å². The summed E-state index contributed by atoms with van der Waals surface area (Å²) in [6.07, 6.45) is 0.520. The van der Waals surface area contributed by atoms with Crippen LogP contribution in [0.5, 0.6) is 0 Å². The number of carboxylic acids is 1. The monoisotopic (exact) mass is 263 g/mol. The lowest BCUT2D eigenvalue weighted by Gasteiger charge is -2.27. The van der Waals surface area contributed by atoms with Crippen molar-refractivity contribution >= 4 is 21.7 Å². The van der Waals surface area contributed by atoms with Crippen LogP contribution in [-0.4, -0.2) is 54.4 Å². The summed E-state index contributed by atoms with van der Waals surface area (Å²) < 4.78 is 22.7. The fourth-order valence-corrected chi connectivity index (χ4v) is 3.68. The van der Waals surface area contributed by atoms with Crippen LogP contribution in [0, 0.1) is 0 Å². The molecule has 0 aromatic carbocycles. The van der Waals surface area contributed by atoms with Crippen molar-refractivity contribution in [2.75, 3.05) is 18.1 Å². The fourth-order valence-electron chi connectivity index (χ4n) is 1.95. The van der Waals surface area contributed by atoms with Crippen LogP contribution in [0.25, 0.3) is 0 Å². The Labute approximate surface area is 101 Å². The molecule has 1 aliphatic rings. The maximum atomic E-state index is 11.7. The van der Waals surface area contributed by atoms with Gasteiger partial charge in [-0.25, -0.2) is 8.42 Å². The van der Waals surface area contributed by atoms with Crippen molar-refractivity contribution in [3.63, 3.8) is 0 Å². The number of sulfone groups is 1. The van der Waals surface area contributed by atoms with Crippen molar-refractivity contribution in [1.29, 1.82) is 0 Å². The summed E-state index contributed by atoms with van der Waals surface area (Å²) in [5.41, 5.74) is 0. The van der Waals surface area contributed by atoms with E-state index in [2.05, 4.69) is 0 Å². The van der Waals surface area contributed by atoms with Crippen LogP contribution in [0.1, 0.15) is 26.2 Å². The van der Waals surface area contributed by atoms with Crippen LogP contribution in [0.3, 0.4) is 0 Å². The summed E-state index contributed by atoms with van der Waals surface area (Å²) in [5.74, 6) is -1.13. The van der Waals surface area contributed by atoms with Gasteiger partial charge in [-0.3, -0.25) is 9.59 Å². The summed E-state index contributed by atoms with van der Waals surface area (Å²) in [5, 5.41) is 8.61. The minimum Gasteiger partial charge on any atom is -0.481 e. The lowest BCUT2D eigenvalue weighted by Crippen LogP contribution is -2.42. The third-order valence-electron chi connectivity index (χ3n) is 2.84. The highest BCUT2D eigenvalue weighted by Crippen LogP contribution is 2.18. The molecule has 0 radical (unpaired) electrons. The molecular formula is C10H17NO5S. The van der Waals surface area contributed by atoms with Crippen molar-refractivity contribution < 1.29 is 23.1 Å². The third kappa shape index (κ3) is 3.99. The van der Waals surface area contributed by atoms with Gasteiger partial charge in [0.1, 0.15) is 0 Å². The van der Waals surface area contributed by atoms with Gasteiger partial charge in [0, 0.05) is 19.0 Å². The van der Waals surface area contributed by atoms with E-state index < -0.39 is 15.8 Å². The second-order valence-electron chi connectivity index (χ2n) is 4.14. The zero-order chi connectivity index (χ0) is 13.1. The number of hydrogen-bond acceptors (Lipinski definition) is 4. The van der Waals surface area contributed by atoms with Crippen LogP contribution in [0.2, 0.25) is 0 Å². The van der Waals surface area contributed by atoms with E-state index in [1.807, 2.05) is 0 Å². The normalized spacial score (nSPS) is 22.3. The molecule has 0 aliphatic carbocycles. The van der Waals surface area contributed by atoms with Crippen molar-refractivity contribution in [1.82, 2.24) is 4.90 Å². The summed E-state index contributed by atoms with van der Waals surface area (Å²) in [7, 11) is -3.06. The Hall–Kier alpha value is -1.11. The van der Waals surface area contributed by atoms with E-state index in [-0.39, 0.29) is 42.8 Å². The first-order valence-electron chi connectivity index (χ1n) is 5.57. The highest BCUT2D eigenvalue weighted by Gasteiger charge is 2.34. The van der Waals surface area contributed by atoms with E-state index in [0.29, 0.717) is 6.42 Å². The van der Waals surface area contributed by atoms with Crippen LogP contribution in [0.4, 0.5) is 0 Å². The second kappa shape index (κ2) is 5.48. The molecule has 0 aromatic heterocycles. The van der Waals surface area contributed by atoms with Gasteiger partial charge in [0.25, 0.3) is 0 Å². The molecule has 0 bridgehead atoms. The van der Waals surface area contributed by atoms with E-state index >= 15 is 0 Å². The number of nitrogens with zero attached hydrogens (tertiary/aromatic N) is 1. The first-order chi connectivity index (χ1) is 7.85. The van der Waals surface area contributed by atoms with Gasteiger partial charge >= 0.3 is 5.97 Å². The molecule has 7 heteroatoms. The smallest absolute Gasteiger partial charge is 0.305 e. The molecule has 0 saturated carbocycles. The first-order valence-corrected chi connectivity index (χ1v) is 7.39. The van der Waals surface area contributed by atoms with E-state index in [0.717, 1.165) is 0 Å². The molecule has 1 aliphatic heterocycles. The van der Waals surface area contributed by atoms with Crippen LogP contribution < -0.4 is 0 Å². The number of carbonyl (C=O) groups excluding carboxylic acids is 1. The molecule has 1 saturated heterocycles. The Morgan fingerprint density at radius 2 is 2.06 bits per heavy atom. The standard InChI is InChI=1S/C10H17NO5S/c1-2-9(12)11(5-3-10(13)14)8-4-6-17(15,16)7-8/h8H,2-7H2,1H3,(H,13,14). The number of carbonyl (C=O) groups is 2. The summed E-state index contributed by atoms with van der Waals surface area (Å²) >= 11 is 0. The van der Waals surface area contributed by atoms with Crippen molar-refractivity contribution in [2.24, 2.45) is 0 Å². The molecule has 1 heterocycles. The number of rotatable bonds is 5. The quantitative estimate of drug-likeness (QED) is 0.747. The number of aliphatic carboxylic acids is 1. The van der Waals surface area contributed by atoms with Crippen molar-refractivity contribution in [3.8, 4) is 0 Å². The van der Waals surface area contributed by atoms with E-state index in [9.17, 15) is 18.0 Å². The molecule has 1 amide bonds. The SMILES string of the molecule is CCC(=O)N(CCC(=O)O)C1CCS(=O)(=O)C1. The van der Waals surface area contributed by atoms with Gasteiger partial charge in [0.15, 0.2) is 9.84 Å². The van der Waals surface area contributed by atoms with Crippen molar-refractivity contribution in [2.45, 2.75) is 32.2 Å². The Kier molecular flexibility index (Phi) is 4.50. The number of carboxylic acid groups (broad SMARTS) is 1. The molecule has 0 aromatic rings. The molecular weight excluding hydrogens is 246 g/mol. The number of amides is 1. The van der Waals surface area contributed by atoms with Gasteiger partial charge in [0.05, 0.1) is 17.9 Å². The predicted octanol–water partition coefficient (Wildman–Crippen LogP) is -0.113.